The van der Waals surface area contributed by atoms with E-state index in [9.17, 15) is 4.79 Å². The Morgan fingerprint density at radius 2 is 1.63 bits per heavy atom. The number of hydrogen-bond acceptors (Lipinski definition) is 5. The molecule has 0 amide bonds. The van der Waals surface area contributed by atoms with Crippen molar-refractivity contribution in [1.29, 1.82) is 0 Å². The first-order chi connectivity index (χ1) is 16.2. The van der Waals surface area contributed by atoms with Gasteiger partial charge in [-0.15, -0.1) is 0 Å². The highest BCUT2D eigenvalue weighted by atomic mass is 28.4. The Morgan fingerprint density at radius 1 is 1.00 bits per heavy atom. The molecule has 6 heteroatoms. The number of rotatable bonds is 5. The maximum absolute atomic E-state index is 12.4. The molecule has 1 spiro atoms. The molecule has 4 aliphatic rings. The number of ether oxygens (including phenoxy) is 3. The second-order valence-electron chi connectivity index (χ2n) is 14.1. The van der Waals surface area contributed by atoms with Crippen molar-refractivity contribution in [2.45, 2.75) is 136 Å². The summed E-state index contributed by atoms with van der Waals surface area (Å²) in [7, 11) is -1.80. The molecule has 4 fully saturated rings. The van der Waals surface area contributed by atoms with Gasteiger partial charge in [-0.25, -0.2) is 0 Å². The molecule has 1 aliphatic heterocycles. The molecule has 35 heavy (non-hydrogen) atoms. The topological polar surface area (TPSA) is 54.0 Å². The fourth-order valence-electron chi connectivity index (χ4n) is 8.23. The summed E-state index contributed by atoms with van der Waals surface area (Å²) in [5.74, 6) is 0.609. The summed E-state index contributed by atoms with van der Waals surface area (Å²) in [6, 6.07) is 0. The Hall–Kier alpha value is -0.433. The highest BCUT2D eigenvalue weighted by Gasteiger charge is 2.67. The van der Waals surface area contributed by atoms with E-state index in [0.717, 1.165) is 51.4 Å². The highest BCUT2D eigenvalue weighted by Crippen LogP contribution is 2.65. The summed E-state index contributed by atoms with van der Waals surface area (Å²) in [6.07, 6.45) is 8.90. The largest absolute Gasteiger partial charge is 0.462 e. The summed E-state index contributed by atoms with van der Waals surface area (Å²) in [5, 5.41) is 0.229. The molecule has 1 heterocycles. The lowest BCUT2D eigenvalue weighted by molar-refractivity contribution is -0.252. The van der Waals surface area contributed by atoms with Crippen molar-refractivity contribution in [3.63, 3.8) is 0 Å². The first-order valence-corrected chi connectivity index (χ1v) is 17.2. The third-order valence-corrected chi connectivity index (χ3v) is 15.9. The van der Waals surface area contributed by atoms with Gasteiger partial charge in [0, 0.05) is 36.7 Å². The lowest BCUT2D eigenvalue weighted by Crippen LogP contribution is -2.58. The van der Waals surface area contributed by atoms with Crippen LogP contribution in [0.25, 0.3) is 0 Å². The predicted octanol–water partition coefficient (Wildman–Crippen LogP) is 7.09. The normalized spacial score (nSPS) is 41.7. The molecule has 3 saturated carbocycles. The minimum atomic E-state index is -1.80. The van der Waals surface area contributed by atoms with E-state index < -0.39 is 14.1 Å². The summed E-state index contributed by atoms with van der Waals surface area (Å²) >= 11 is 0. The van der Waals surface area contributed by atoms with Gasteiger partial charge in [-0.2, -0.15) is 0 Å². The molecule has 4 rings (SSSR count). The average molecular weight is 509 g/mol. The van der Waals surface area contributed by atoms with Crippen molar-refractivity contribution in [2.75, 3.05) is 13.2 Å². The van der Waals surface area contributed by atoms with Gasteiger partial charge in [0.1, 0.15) is 6.10 Å². The van der Waals surface area contributed by atoms with Crippen molar-refractivity contribution in [3.05, 3.63) is 0 Å². The molecule has 0 aromatic rings. The third kappa shape index (κ3) is 4.57. The minimum Gasteiger partial charge on any atom is -0.462 e. The van der Waals surface area contributed by atoms with E-state index in [1.54, 1.807) is 6.92 Å². The van der Waals surface area contributed by atoms with Gasteiger partial charge in [0.15, 0.2) is 14.1 Å². The number of hydrogen-bond donors (Lipinski definition) is 0. The quantitative estimate of drug-likeness (QED) is 0.293. The highest BCUT2D eigenvalue weighted by molar-refractivity contribution is 6.74. The predicted molar refractivity (Wildman–Crippen MR) is 142 cm³/mol. The van der Waals surface area contributed by atoms with Crippen molar-refractivity contribution in [1.82, 2.24) is 0 Å². The molecule has 5 nitrogen and oxygen atoms in total. The van der Waals surface area contributed by atoms with Crippen molar-refractivity contribution >= 4 is 14.3 Å². The van der Waals surface area contributed by atoms with Crippen LogP contribution in [0.15, 0.2) is 0 Å². The van der Waals surface area contributed by atoms with E-state index >= 15 is 0 Å². The van der Waals surface area contributed by atoms with Gasteiger partial charge in [-0.05, 0) is 68.0 Å². The Labute approximate surface area is 215 Å². The molecular weight excluding hydrogens is 456 g/mol. The molecule has 7 atom stereocenters. The molecule has 0 radical (unpaired) electrons. The molecule has 0 bridgehead atoms. The summed E-state index contributed by atoms with van der Waals surface area (Å²) in [4.78, 5) is 12.4. The van der Waals surface area contributed by atoms with Crippen LogP contribution in [-0.2, 0) is 23.4 Å². The maximum Gasteiger partial charge on any atom is 0.302 e. The van der Waals surface area contributed by atoms with Gasteiger partial charge < -0.3 is 18.6 Å². The Bertz CT molecular complexity index is 784. The fourth-order valence-corrected chi connectivity index (χ4v) is 9.63. The van der Waals surface area contributed by atoms with Gasteiger partial charge in [0.05, 0.1) is 13.2 Å². The van der Waals surface area contributed by atoms with E-state index in [-0.39, 0.29) is 27.9 Å². The van der Waals surface area contributed by atoms with E-state index in [1.165, 1.54) is 0 Å². The van der Waals surface area contributed by atoms with Crippen LogP contribution in [0, 0.1) is 28.6 Å². The molecule has 0 aromatic carbocycles. The van der Waals surface area contributed by atoms with Crippen molar-refractivity contribution in [3.8, 4) is 0 Å². The zero-order chi connectivity index (χ0) is 25.9. The molecule has 0 aromatic heterocycles. The first kappa shape index (κ1) is 27.6. The Kier molecular flexibility index (Phi) is 7.41. The fraction of sp³-hybridized carbons (Fsp3) is 0.966. The van der Waals surface area contributed by atoms with Gasteiger partial charge in [0.25, 0.3) is 0 Å². The van der Waals surface area contributed by atoms with Crippen molar-refractivity contribution in [2.24, 2.45) is 28.6 Å². The van der Waals surface area contributed by atoms with Gasteiger partial charge in [-0.1, -0.05) is 48.0 Å². The van der Waals surface area contributed by atoms with E-state index in [2.05, 4.69) is 54.6 Å². The van der Waals surface area contributed by atoms with Crippen LogP contribution < -0.4 is 0 Å². The second kappa shape index (κ2) is 9.39. The van der Waals surface area contributed by atoms with Crippen LogP contribution in [0.3, 0.4) is 0 Å². The van der Waals surface area contributed by atoms with Crippen LogP contribution in [0.5, 0.6) is 0 Å². The zero-order valence-electron chi connectivity index (χ0n) is 24.0. The van der Waals surface area contributed by atoms with Crippen LogP contribution in [0.1, 0.15) is 99.8 Å². The van der Waals surface area contributed by atoms with Crippen LogP contribution in [0.2, 0.25) is 18.1 Å². The van der Waals surface area contributed by atoms with E-state index in [4.69, 9.17) is 18.6 Å². The third-order valence-electron chi connectivity index (χ3n) is 11.4. The standard InChI is InChI=1S/C29H52O5Si/c1-10-21-19-22(34-35(8,9)26(3,4)5)11-14-27(21,6)23-12-15-28(7)24(25(23)33-20(2)30)13-16-29(28)31-17-18-32-29/h21-25H,10-19H2,1-9H3/t21-,22?,23?,24?,25+,27-,28-/m0/s1. The molecule has 3 unspecified atom stereocenters. The van der Waals surface area contributed by atoms with Crippen LogP contribution in [0.4, 0.5) is 0 Å². The van der Waals surface area contributed by atoms with Gasteiger partial charge in [0.2, 0.25) is 0 Å². The molecule has 202 valence electrons. The van der Waals surface area contributed by atoms with Gasteiger partial charge >= 0.3 is 5.97 Å². The van der Waals surface area contributed by atoms with E-state index in [1.807, 2.05) is 0 Å². The van der Waals surface area contributed by atoms with Crippen LogP contribution in [-0.4, -0.2) is 45.5 Å². The smallest absolute Gasteiger partial charge is 0.302 e. The molecule has 1 saturated heterocycles. The first-order valence-electron chi connectivity index (χ1n) is 14.3. The molecule has 0 N–H and O–H groups in total. The van der Waals surface area contributed by atoms with E-state index in [0.29, 0.717) is 37.1 Å². The average Bonchev–Trinajstić information content (AvgIpc) is 3.34. The second-order valence-corrected chi connectivity index (χ2v) is 18.9. The summed E-state index contributed by atoms with van der Waals surface area (Å²) in [6.45, 7) is 21.9. The zero-order valence-corrected chi connectivity index (χ0v) is 25.0. The van der Waals surface area contributed by atoms with Gasteiger partial charge in [-0.3, -0.25) is 4.79 Å². The Morgan fingerprint density at radius 3 is 2.20 bits per heavy atom. The lowest BCUT2D eigenvalue weighted by atomic mass is 9.51. The summed E-state index contributed by atoms with van der Waals surface area (Å²) in [5.41, 5.74) is 0.0530. The minimum absolute atomic E-state index is 0.0599. The summed E-state index contributed by atoms with van der Waals surface area (Å²) < 4.78 is 25.8. The monoisotopic (exact) mass is 508 g/mol. The van der Waals surface area contributed by atoms with Crippen LogP contribution >= 0.6 is 0 Å². The molecule has 3 aliphatic carbocycles. The maximum atomic E-state index is 12.4. The number of esters is 1. The number of fused-ring (bicyclic) bond motifs is 2. The number of carbonyl (C=O) groups is 1. The number of carbonyl (C=O) groups excluding carboxylic acids is 1. The molecular formula is C29H52O5Si. The van der Waals surface area contributed by atoms with Crippen molar-refractivity contribution < 1.29 is 23.4 Å². The lowest BCUT2D eigenvalue weighted by Gasteiger charge is -2.57. The SMILES string of the molecule is CC[C@H]1CC(O[Si](C)(C)C(C)(C)C)CC[C@]1(C)C1CC[C@@]2(C)C(CCC23OCCO3)[C@@H]1OC(C)=O. The Balaban J connectivity index is 1.58.